The molecule has 0 fully saturated rings. The molecule has 0 spiro atoms. The molecule has 12 atom stereocenters. The Balaban J connectivity index is 1.48. The lowest BCUT2D eigenvalue weighted by molar-refractivity contribution is 0.357. The highest BCUT2D eigenvalue weighted by Crippen LogP contribution is 2.59. The highest BCUT2D eigenvalue weighted by Gasteiger charge is 2.49. The molecule has 0 heterocycles. The number of rotatable bonds is 15. The lowest BCUT2D eigenvalue weighted by Crippen LogP contribution is -2.40. The fourth-order valence-corrected chi connectivity index (χ4v) is 23.0. The van der Waals surface area contributed by atoms with Gasteiger partial charge >= 0.3 is 0 Å². The van der Waals surface area contributed by atoms with Crippen LogP contribution in [0.4, 0.5) is 0 Å². The quantitative estimate of drug-likeness (QED) is 0.0558. The summed E-state index contributed by atoms with van der Waals surface area (Å²) in [5.74, 6) is 8.26. The van der Waals surface area contributed by atoms with Crippen molar-refractivity contribution < 1.29 is 0 Å². The summed E-state index contributed by atoms with van der Waals surface area (Å²) in [7, 11) is 0.286. The van der Waals surface area contributed by atoms with Crippen LogP contribution >= 0.6 is 7.72 Å². The third kappa shape index (κ3) is 6.99. The SMILES string of the molecule is CCC1c2cc3c(c(P=[Si](c4ccc5cc6ccccc6cc5c4)c4c5c(cc6c4C(CC)C(CC)C6CC)C(CC)C(CC)C5CC)c2C(CC)C1CC)C(CC)C(CC)C3CC. The van der Waals surface area contributed by atoms with Gasteiger partial charge in [0.2, 0.25) is 0 Å². The number of benzene rings is 5. The minimum absolute atomic E-state index is 0.644. The zero-order chi connectivity index (χ0) is 45.1. The number of fused-ring (bicyclic) bond motifs is 6. The van der Waals surface area contributed by atoms with Gasteiger partial charge in [-0.05, 0) is 211 Å². The average molecular weight is 887 g/mol. The lowest BCUT2D eigenvalue weighted by atomic mass is 9.81. The minimum Gasteiger partial charge on any atom is -0.0896 e. The first kappa shape index (κ1) is 46.3. The molecule has 5 aromatic rings. The Bertz CT molecular complexity index is 2440. The molecule has 2 heteroatoms. The van der Waals surface area contributed by atoms with E-state index in [0.29, 0.717) is 47.3 Å². The Labute approximate surface area is 393 Å². The molecule has 0 aromatic heterocycles. The lowest BCUT2D eigenvalue weighted by Gasteiger charge is -2.28. The summed E-state index contributed by atoms with van der Waals surface area (Å²) in [4.78, 5) is 0. The zero-order valence-corrected chi connectivity index (χ0v) is 44.1. The van der Waals surface area contributed by atoms with Gasteiger partial charge in [-0.1, -0.05) is 171 Å². The minimum atomic E-state index is -1.38. The fourth-order valence-electron chi connectivity index (χ4n) is 16.4. The maximum Gasteiger partial charge on any atom is 0.117 e. The standard InChI is InChI=1S/C62H83PSi/c1-13-41-45(17-5)53-34-54-46(18-6)42(14-2)50(22-10)58(54)61(57(53)49(41)21-9)63-64(40-30-29-38-31-36-27-25-26-28-37(36)32-39(38)33-40)62-59-51(23-11)43(15-3)47(19-7)55(59)35-56-48(20-8)44(16-4)52(24-12)60(56)62/h25-35,41-52H,13-24H2,1-12H3. The van der Waals surface area contributed by atoms with E-state index in [1.807, 2.05) is 32.7 Å². The van der Waals surface area contributed by atoms with Crippen LogP contribution in [0.15, 0.2) is 66.7 Å². The van der Waals surface area contributed by atoms with E-state index in [4.69, 9.17) is 0 Å². The molecular formula is C62H83PSi. The van der Waals surface area contributed by atoms with Crippen LogP contribution in [0.25, 0.3) is 21.5 Å². The van der Waals surface area contributed by atoms with E-state index in [1.165, 1.54) is 98.6 Å². The summed E-state index contributed by atoms with van der Waals surface area (Å²) in [6.07, 6.45) is 15.2. The molecule has 5 aromatic carbocycles. The summed E-state index contributed by atoms with van der Waals surface area (Å²) < 4.78 is 0. The maximum absolute atomic E-state index is 2.89. The van der Waals surface area contributed by atoms with Crippen molar-refractivity contribution in [2.45, 2.75) is 207 Å². The topological polar surface area (TPSA) is 0 Å². The van der Waals surface area contributed by atoms with Crippen LogP contribution in [0.3, 0.4) is 0 Å². The van der Waals surface area contributed by atoms with Crippen LogP contribution in [-0.2, 0) is 0 Å². The van der Waals surface area contributed by atoms with Crippen LogP contribution in [0.2, 0.25) is 0 Å². The molecule has 64 heavy (non-hydrogen) atoms. The molecule has 0 nitrogen and oxygen atoms in total. The van der Waals surface area contributed by atoms with Crippen LogP contribution in [-0.4, -0.2) is 8.05 Å². The third-order valence-electron chi connectivity index (χ3n) is 19.0. The Morgan fingerprint density at radius 1 is 0.344 bits per heavy atom. The van der Waals surface area contributed by atoms with Crippen molar-refractivity contribution in [2.75, 3.05) is 0 Å². The summed E-state index contributed by atoms with van der Waals surface area (Å²) >= 11 is 0. The average Bonchev–Trinajstić information content (AvgIpc) is 4.03. The third-order valence-corrected chi connectivity index (χ3v) is 24.6. The second-order valence-electron chi connectivity index (χ2n) is 21.1. The Hall–Kier alpha value is -2.86. The van der Waals surface area contributed by atoms with E-state index in [-0.39, 0.29) is 0 Å². The maximum atomic E-state index is 2.89. The van der Waals surface area contributed by atoms with Crippen molar-refractivity contribution in [3.63, 3.8) is 0 Å². The smallest absolute Gasteiger partial charge is 0.0896 e. The molecule has 0 amide bonds. The Morgan fingerprint density at radius 2 is 0.688 bits per heavy atom. The molecular weight excluding hydrogens is 804 g/mol. The summed E-state index contributed by atoms with van der Waals surface area (Å²) in [5, 5.41) is 11.0. The van der Waals surface area contributed by atoms with Gasteiger partial charge in [-0.2, -0.15) is 0 Å². The van der Waals surface area contributed by atoms with Crippen LogP contribution < -0.4 is 15.7 Å². The van der Waals surface area contributed by atoms with Crippen molar-refractivity contribution in [3.8, 4) is 0 Å². The van der Waals surface area contributed by atoms with E-state index in [0.717, 1.165) is 23.7 Å². The Kier molecular flexibility index (Phi) is 13.8. The van der Waals surface area contributed by atoms with Gasteiger partial charge in [0.15, 0.2) is 0 Å². The van der Waals surface area contributed by atoms with Crippen molar-refractivity contribution in [1.82, 2.24) is 0 Å². The van der Waals surface area contributed by atoms with Gasteiger partial charge in [0.25, 0.3) is 0 Å². The Morgan fingerprint density at radius 3 is 1.06 bits per heavy atom. The molecule has 9 rings (SSSR count). The van der Waals surface area contributed by atoms with E-state index in [2.05, 4.69) is 150 Å². The van der Waals surface area contributed by atoms with Gasteiger partial charge in [0.1, 0.15) is 8.05 Å². The fraction of sp³-hybridized carbons (Fsp3) is 0.581. The normalized spacial score (nSPS) is 29.5. The van der Waals surface area contributed by atoms with Gasteiger partial charge < -0.3 is 0 Å². The molecule has 0 saturated heterocycles. The van der Waals surface area contributed by atoms with Crippen LogP contribution in [0, 0.1) is 23.7 Å². The molecule has 12 unspecified atom stereocenters. The van der Waals surface area contributed by atoms with E-state index in [1.54, 1.807) is 35.2 Å². The summed E-state index contributed by atoms with van der Waals surface area (Å²) in [6, 6.07) is 27.8. The first-order valence-corrected chi connectivity index (χ1v) is 30.4. The zero-order valence-electron chi connectivity index (χ0n) is 42.2. The molecule has 0 radical (unpaired) electrons. The molecule has 4 aliphatic carbocycles. The molecule has 340 valence electrons. The highest BCUT2D eigenvalue weighted by atomic mass is 31.2. The molecule has 0 N–H and O–H groups in total. The van der Waals surface area contributed by atoms with Crippen LogP contribution in [0.5, 0.6) is 0 Å². The predicted molar refractivity (Wildman–Crippen MR) is 285 cm³/mol. The predicted octanol–water partition coefficient (Wildman–Crippen LogP) is 17.5. The van der Waals surface area contributed by atoms with Gasteiger partial charge in [-0.15, -0.1) is 0 Å². The van der Waals surface area contributed by atoms with E-state index >= 15 is 0 Å². The van der Waals surface area contributed by atoms with Gasteiger partial charge in [0.05, 0.1) is 0 Å². The molecule has 4 aliphatic rings. The van der Waals surface area contributed by atoms with Crippen molar-refractivity contribution in [2.24, 2.45) is 23.7 Å². The van der Waals surface area contributed by atoms with Gasteiger partial charge in [0, 0.05) is 5.30 Å². The molecule has 0 saturated carbocycles. The first-order chi connectivity index (χ1) is 31.2. The van der Waals surface area contributed by atoms with E-state index < -0.39 is 8.05 Å². The highest BCUT2D eigenvalue weighted by molar-refractivity contribution is 7.63. The second kappa shape index (κ2) is 19.0. The van der Waals surface area contributed by atoms with Crippen molar-refractivity contribution in [3.05, 3.63) is 111 Å². The van der Waals surface area contributed by atoms with Crippen LogP contribution in [0.1, 0.15) is 252 Å². The number of hydrogen-bond acceptors (Lipinski definition) is 0. The van der Waals surface area contributed by atoms with Crippen molar-refractivity contribution in [1.29, 1.82) is 0 Å². The summed E-state index contributed by atoms with van der Waals surface area (Å²) in [5.41, 5.74) is 14.6. The number of hydrogen-bond donors (Lipinski definition) is 0. The monoisotopic (exact) mass is 887 g/mol. The molecule has 0 bridgehead atoms. The summed E-state index contributed by atoms with van der Waals surface area (Å²) in [6.45, 7) is 30.4. The van der Waals surface area contributed by atoms with Gasteiger partial charge in [-0.3, -0.25) is 0 Å². The second-order valence-corrected chi connectivity index (χ2v) is 25.6. The first-order valence-electron chi connectivity index (χ1n) is 27.2. The van der Waals surface area contributed by atoms with E-state index in [9.17, 15) is 0 Å². The van der Waals surface area contributed by atoms with Gasteiger partial charge in [-0.25, -0.2) is 0 Å². The van der Waals surface area contributed by atoms with Crippen molar-refractivity contribution >= 4 is 53.0 Å². The largest absolute Gasteiger partial charge is 0.117 e. The molecule has 0 aliphatic heterocycles.